The van der Waals surface area contributed by atoms with Crippen LogP contribution in [0.1, 0.15) is 10.5 Å². The van der Waals surface area contributed by atoms with Gasteiger partial charge in [-0.3, -0.25) is 9.89 Å². The molecule has 2 heterocycles. The first-order chi connectivity index (χ1) is 7.08. The minimum atomic E-state index is -0.564. The summed E-state index contributed by atoms with van der Waals surface area (Å²) in [7, 11) is 0. The van der Waals surface area contributed by atoms with Crippen molar-refractivity contribution >= 4 is 40.4 Å². The van der Waals surface area contributed by atoms with E-state index < -0.39 is 5.91 Å². The summed E-state index contributed by atoms with van der Waals surface area (Å²) in [4.78, 5) is 10.8. The van der Waals surface area contributed by atoms with Crippen molar-refractivity contribution in [3.8, 4) is 11.3 Å². The number of hydrogen-bond acceptors (Lipinski definition) is 3. The summed E-state index contributed by atoms with van der Waals surface area (Å²) in [5, 5.41) is 6.44. The van der Waals surface area contributed by atoms with Crippen LogP contribution in [0.25, 0.3) is 11.3 Å². The molecule has 0 fully saturated rings. The monoisotopic (exact) mass is 261 g/mol. The topological polar surface area (TPSA) is 71.8 Å². The van der Waals surface area contributed by atoms with Gasteiger partial charge < -0.3 is 5.73 Å². The second kappa shape index (κ2) is 3.84. The molecule has 2 aromatic rings. The predicted molar refractivity (Wildman–Crippen MR) is 60.4 cm³/mol. The van der Waals surface area contributed by atoms with E-state index in [1.807, 2.05) is 0 Å². The van der Waals surface area contributed by atoms with Gasteiger partial charge in [0.15, 0.2) is 0 Å². The third-order valence-corrected chi connectivity index (χ3v) is 3.26. The maximum atomic E-state index is 10.8. The molecular formula is C8H5Cl2N3OS. The number of aromatic amines is 1. The van der Waals surface area contributed by atoms with Crippen LogP contribution in [0.5, 0.6) is 0 Å². The molecule has 0 radical (unpaired) electrons. The van der Waals surface area contributed by atoms with Gasteiger partial charge in [-0.25, -0.2) is 0 Å². The van der Waals surface area contributed by atoms with E-state index in [0.717, 1.165) is 0 Å². The molecule has 2 rings (SSSR count). The van der Waals surface area contributed by atoms with E-state index in [-0.39, 0.29) is 5.69 Å². The molecule has 15 heavy (non-hydrogen) atoms. The molecule has 78 valence electrons. The van der Waals surface area contributed by atoms with Crippen LogP contribution in [0, 0.1) is 0 Å². The Hall–Kier alpha value is -1.04. The van der Waals surface area contributed by atoms with E-state index >= 15 is 0 Å². The van der Waals surface area contributed by atoms with Gasteiger partial charge in [0.05, 0.1) is 10.0 Å². The number of amides is 1. The summed E-state index contributed by atoms with van der Waals surface area (Å²) >= 11 is 13.0. The number of halogens is 2. The fraction of sp³-hybridized carbons (Fsp3) is 0. The van der Waals surface area contributed by atoms with E-state index in [1.165, 1.54) is 17.4 Å². The Bertz CT molecular complexity index is 520. The highest BCUT2D eigenvalue weighted by atomic mass is 35.5. The number of carbonyl (C=O) groups is 1. The number of nitrogens with two attached hydrogens (primary N) is 1. The van der Waals surface area contributed by atoms with Crippen LogP contribution < -0.4 is 5.73 Å². The Morgan fingerprint density at radius 1 is 1.47 bits per heavy atom. The molecule has 0 atom stereocenters. The van der Waals surface area contributed by atoms with Crippen LogP contribution in [0.2, 0.25) is 8.67 Å². The number of rotatable bonds is 2. The largest absolute Gasteiger partial charge is 0.364 e. The van der Waals surface area contributed by atoms with Crippen LogP contribution in [-0.4, -0.2) is 16.1 Å². The maximum absolute atomic E-state index is 10.8. The van der Waals surface area contributed by atoms with Gasteiger partial charge in [0.25, 0.3) is 5.91 Å². The Labute approximate surface area is 99.0 Å². The van der Waals surface area contributed by atoms with E-state index in [9.17, 15) is 4.79 Å². The lowest BCUT2D eigenvalue weighted by Crippen LogP contribution is -2.10. The van der Waals surface area contributed by atoms with E-state index in [1.54, 1.807) is 6.07 Å². The van der Waals surface area contributed by atoms with Crippen LogP contribution in [0.15, 0.2) is 12.1 Å². The van der Waals surface area contributed by atoms with Gasteiger partial charge in [-0.2, -0.15) is 5.10 Å². The van der Waals surface area contributed by atoms with Crippen molar-refractivity contribution in [3.63, 3.8) is 0 Å². The van der Waals surface area contributed by atoms with Crippen molar-refractivity contribution < 1.29 is 4.79 Å². The molecule has 0 spiro atoms. The second-order valence-electron chi connectivity index (χ2n) is 2.77. The average Bonchev–Trinajstić information content (AvgIpc) is 2.71. The van der Waals surface area contributed by atoms with Crippen LogP contribution in [0.3, 0.4) is 0 Å². The van der Waals surface area contributed by atoms with Crippen molar-refractivity contribution in [3.05, 3.63) is 26.5 Å². The third-order valence-electron chi connectivity index (χ3n) is 1.78. The van der Waals surface area contributed by atoms with Gasteiger partial charge in [0.1, 0.15) is 10.0 Å². The van der Waals surface area contributed by atoms with Crippen molar-refractivity contribution in [1.82, 2.24) is 10.2 Å². The zero-order valence-corrected chi connectivity index (χ0v) is 9.58. The predicted octanol–water partition coefficient (Wildman–Crippen LogP) is 2.54. The Balaban J connectivity index is 2.45. The minimum Gasteiger partial charge on any atom is -0.364 e. The lowest BCUT2D eigenvalue weighted by atomic mass is 10.2. The number of hydrogen-bond donors (Lipinski definition) is 2. The summed E-state index contributed by atoms with van der Waals surface area (Å²) in [6, 6.07) is 3.22. The van der Waals surface area contributed by atoms with Gasteiger partial charge in [-0.05, 0) is 12.1 Å². The fourth-order valence-electron chi connectivity index (χ4n) is 1.10. The molecule has 3 N–H and O–H groups in total. The minimum absolute atomic E-state index is 0.239. The SMILES string of the molecule is NC(=O)c1cc(-c2cc(Cl)sc2Cl)n[nH]1. The van der Waals surface area contributed by atoms with Crippen molar-refractivity contribution in [2.24, 2.45) is 5.73 Å². The standard InChI is InChI=1S/C8H5Cl2N3OS/c9-6-1-3(7(10)15-6)4-2-5(8(11)14)13-12-4/h1-2H,(H2,11,14)(H,12,13). The number of thiophene rings is 1. The van der Waals surface area contributed by atoms with Crippen LogP contribution >= 0.6 is 34.5 Å². The molecule has 0 aliphatic carbocycles. The molecule has 0 aliphatic heterocycles. The van der Waals surface area contributed by atoms with E-state index in [4.69, 9.17) is 28.9 Å². The number of primary amides is 1. The molecule has 2 aromatic heterocycles. The number of nitrogens with one attached hydrogen (secondary N) is 1. The zero-order valence-electron chi connectivity index (χ0n) is 7.25. The first-order valence-electron chi connectivity index (χ1n) is 3.88. The third kappa shape index (κ3) is 1.99. The number of aromatic nitrogens is 2. The molecule has 0 saturated heterocycles. The normalized spacial score (nSPS) is 10.5. The molecule has 0 saturated carbocycles. The first-order valence-corrected chi connectivity index (χ1v) is 5.45. The first kappa shape index (κ1) is 10.5. The molecule has 4 nitrogen and oxygen atoms in total. The molecular weight excluding hydrogens is 257 g/mol. The van der Waals surface area contributed by atoms with Gasteiger partial charge in [0.2, 0.25) is 0 Å². The van der Waals surface area contributed by atoms with Crippen molar-refractivity contribution in [2.45, 2.75) is 0 Å². The number of H-pyrrole nitrogens is 1. The van der Waals surface area contributed by atoms with Crippen molar-refractivity contribution in [2.75, 3.05) is 0 Å². The average molecular weight is 262 g/mol. The Kier molecular flexibility index (Phi) is 2.68. The quantitative estimate of drug-likeness (QED) is 0.872. The van der Waals surface area contributed by atoms with Crippen molar-refractivity contribution in [1.29, 1.82) is 0 Å². The second-order valence-corrected chi connectivity index (χ2v) is 5.05. The molecule has 7 heteroatoms. The lowest BCUT2D eigenvalue weighted by molar-refractivity contribution is 0.0995. The fourth-order valence-corrected chi connectivity index (χ4v) is 2.58. The highest BCUT2D eigenvalue weighted by Gasteiger charge is 2.13. The van der Waals surface area contributed by atoms with E-state index in [2.05, 4.69) is 10.2 Å². The van der Waals surface area contributed by atoms with Gasteiger partial charge >= 0.3 is 0 Å². The molecule has 0 unspecified atom stereocenters. The highest BCUT2D eigenvalue weighted by molar-refractivity contribution is 7.20. The summed E-state index contributed by atoms with van der Waals surface area (Å²) in [6.07, 6.45) is 0. The number of nitrogens with zero attached hydrogens (tertiary/aromatic N) is 1. The highest BCUT2D eigenvalue weighted by Crippen LogP contribution is 2.37. The molecule has 0 bridgehead atoms. The lowest BCUT2D eigenvalue weighted by Gasteiger charge is -1.88. The Morgan fingerprint density at radius 3 is 2.67 bits per heavy atom. The number of carbonyl (C=O) groups excluding carboxylic acids is 1. The van der Waals surface area contributed by atoms with E-state index in [0.29, 0.717) is 19.9 Å². The maximum Gasteiger partial charge on any atom is 0.266 e. The van der Waals surface area contributed by atoms with Gasteiger partial charge in [-0.1, -0.05) is 23.2 Å². The smallest absolute Gasteiger partial charge is 0.266 e. The molecule has 0 aliphatic rings. The summed E-state index contributed by atoms with van der Waals surface area (Å²) in [5.74, 6) is -0.564. The van der Waals surface area contributed by atoms with Crippen LogP contribution in [-0.2, 0) is 0 Å². The summed E-state index contributed by atoms with van der Waals surface area (Å²) in [6.45, 7) is 0. The van der Waals surface area contributed by atoms with Gasteiger partial charge in [0, 0.05) is 5.56 Å². The Morgan fingerprint density at radius 2 is 2.20 bits per heavy atom. The van der Waals surface area contributed by atoms with Gasteiger partial charge in [-0.15, -0.1) is 11.3 Å². The van der Waals surface area contributed by atoms with Crippen LogP contribution in [0.4, 0.5) is 0 Å². The summed E-state index contributed by atoms with van der Waals surface area (Å²) < 4.78 is 1.10. The molecule has 1 amide bonds. The molecule has 0 aromatic carbocycles. The zero-order chi connectivity index (χ0) is 11.0. The summed E-state index contributed by atoms with van der Waals surface area (Å²) in [5.41, 5.74) is 6.56.